The van der Waals surface area contributed by atoms with Crippen LogP contribution in [0, 0.1) is 5.92 Å². The maximum absolute atomic E-state index is 12.1. The van der Waals surface area contributed by atoms with Gasteiger partial charge in [-0.2, -0.15) is 0 Å². The van der Waals surface area contributed by atoms with Gasteiger partial charge in [-0.25, -0.2) is 9.59 Å². The summed E-state index contributed by atoms with van der Waals surface area (Å²) in [5.74, 6) is -0.191. The molecule has 0 saturated carbocycles. The molecule has 1 aliphatic rings. The SMILES string of the molecule is CCCOC(=O)c1cn(CC2CCN(C(=O)OC(C)(C)C)C2)nn1. The van der Waals surface area contributed by atoms with E-state index >= 15 is 0 Å². The number of likely N-dealkylation sites (tertiary alicyclic amines) is 1. The molecule has 1 aliphatic heterocycles. The van der Waals surface area contributed by atoms with Gasteiger partial charge in [0.15, 0.2) is 5.69 Å². The van der Waals surface area contributed by atoms with Gasteiger partial charge in [-0.15, -0.1) is 5.10 Å². The Morgan fingerprint density at radius 1 is 1.38 bits per heavy atom. The molecule has 0 aromatic carbocycles. The molecule has 8 nitrogen and oxygen atoms in total. The molecule has 134 valence electrons. The molecule has 1 aromatic heterocycles. The fourth-order valence-electron chi connectivity index (χ4n) is 2.49. The fraction of sp³-hybridized carbons (Fsp3) is 0.750. The lowest BCUT2D eigenvalue weighted by molar-refractivity contribution is 0.0286. The maximum atomic E-state index is 12.1. The summed E-state index contributed by atoms with van der Waals surface area (Å²) in [6.45, 7) is 9.75. The number of hydrogen-bond acceptors (Lipinski definition) is 6. The molecule has 1 aromatic rings. The van der Waals surface area contributed by atoms with Crippen molar-refractivity contribution in [3.8, 4) is 0 Å². The van der Waals surface area contributed by atoms with Crippen molar-refractivity contribution in [2.75, 3.05) is 19.7 Å². The van der Waals surface area contributed by atoms with Crippen molar-refractivity contribution in [3.05, 3.63) is 11.9 Å². The third-order valence-electron chi connectivity index (χ3n) is 3.57. The van der Waals surface area contributed by atoms with E-state index in [2.05, 4.69) is 10.3 Å². The van der Waals surface area contributed by atoms with E-state index in [0.29, 0.717) is 26.2 Å². The third-order valence-corrected chi connectivity index (χ3v) is 3.57. The lowest BCUT2D eigenvalue weighted by Crippen LogP contribution is -2.35. The number of carbonyl (C=O) groups is 2. The highest BCUT2D eigenvalue weighted by atomic mass is 16.6. The monoisotopic (exact) mass is 338 g/mol. The lowest BCUT2D eigenvalue weighted by atomic mass is 10.1. The van der Waals surface area contributed by atoms with Crippen LogP contribution >= 0.6 is 0 Å². The summed E-state index contributed by atoms with van der Waals surface area (Å²) >= 11 is 0. The van der Waals surface area contributed by atoms with Gasteiger partial charge in [-0.3, -0.25) is 4.68 Å². The van der Waals surface area contributed by atoms with E-state index in [0.717, 1.165) is 12.8 Å². The Balaban J connectivity index is 1.84. The highest BCUT2D eigenvalue weighted by molar-refractivity contribution is 5.86. The van der Waals surface area contributed by atoms with Crippen LogP contribution in [0.3, 0.4) is 0 Å². The minimum Gasteiger partial charge on any atom is -0.461 e. The molecule has 2 rings (SSSR count). The van der Waals surface area contributed by atoms with Crippen LogP contribution in [0.5, 0.6) is 0 Å². The summed E-state index contributed by atoms with van der Waals surface area (Å²) in [6.07, 6.45) is 2.94. The first-order valence-corrected chi connectivity index (χ1v) is 8.33. The van der Waals surface area contributed by atoms with E-state index in [1.54, 1.807) is 15.8 Å². The number of carbonyl (C=O) groups excluding carboxylic acids is 2. The predicted molar refractivity (Wildman–Crippen MR) is 86.5 cm³/mol. The standard InChI is InChI=1S/C16H26N4O4/c1-5-8-23-14(21)13-11-20(18-17-13)10-12-6-7-19(9-12)15(22)24-16(2,3)4/h11-12H,5-10H2,1-4H3. The number of ether oxygens (including phenoxy) is 2. The second-order valence-corrected chi connectivity index (χ2v) is 7.04. The average molecular weight is 338 g/mol. The Labute approximate surface area is 142 Å². The molecular weight excluding hydrogens is 312 g/mol. The van der Waals surface area contributed by atoms with Crippen molar-refractivity contribution < 1.29 is 19.1 Å². The smallest absolute Gasteiger partial charge is 0.410 e. The molecule has 2 heterocycles. The Kier molecular flexibility index (Phi) is 5.80. The van der Waals surface area contributed by atoms with Gasteiger partial charge in [0.05, 0.1) is 12.8 Å². The van der Waals surface area contributed by atoms with Crippen LogP contribution in [0.4, 0.5) is 4.79 Å². The molecule has 0 bridgehead atoms. The van der Waals surface area contributed by atoms with E-state index in [-0.39, 0.29) is 17.7 Å². The van der Waals surface area contributed by atoms with E-state index in [1.165, 1.54) is 0 Å². The van der Waals surface area contributed by atoms with Crippen molar-refractivity contribution >= 4 is 12.1 Å². The molecule has 24 heavy (non-hydrogen) atoms. The molecule has 1 atom stereocenters. The number of rotatable bonds is 5. The van der Waals surface area contributed by atoms with Gasteiger partial charge >= 0.3 is 12.1 Å². The van der Waals surface area contributed by atoms with E-state index in [1.807, 2.05) is 27.7 Å². The van der Waals surface area contributed by atoms with Crippen molar-refractivity contribution in [1.29, 1.82) is 0 Å². The zero-order chi connectivity index (χ0) is 17.7. The van der Waals surface area contributed by atoms with Crippen molar-refractivity contribution in [1.82, 2.24) is 19.9 Å². The summed E-state index contributed by atoms with van der Waals surface area (Å²) < 4.78 is 12.0. The van der Waals surface area contributed by atoms with Crippen LogP contribution < -0.4 is 0 Å². The molecule has 0 radical (unpaired) electrons. The Bertz CT molecular complexity index is 579. The zero-order valence-electron chi connectivity index (χ0n) is 14.8. The second kappa shape index (κ2) is 7.63. The number of esters is 1. The molecule has 0 N–H and O–H groups in total. The van der Waals surface area contributed by atoms with Gasteiger partial charge in [-0.05, 0) is 39.5 Å². The minimum atomic E-state index is -0.491. The second-order valence-electron chi connectivity index (χ2n) is 7.04. The molecule has 0 spiro atoms. The Morgan fingerprint density at radius 3 is 2.79 bits per heavy atom. The predicted octanol–water partition coefficient (Wildman–Crippen LogP) is 2.10. The van der Waals surface area contributed by atoms with Crippen LogP contribution in [-0.4, -0.2) is 57.3 Å². The number of aromatic nitrogens is 3. The normalized spacial score (nSPS) is 17.8. The van der Waals surface area contributed by atoms with Crippen molar-refractivity contribution in [3.63, 3.8) is 0 Å². The fourth-order valence-corrected chi connectivity index (χ4v) is 2.49. The first-order chi connectivity index (χ1) is 11.3. The molecule has 8 heteroatoms. The molecule has 1 fully saturated rings. The lowest BCUT2D eigenvalue weighted by Gasteiger charge is -2.24. The van der Waals surface area contributed by atoms with Gasteiger partial charge in [0.2, 0.25) is 0 Å². The topological polar surface area (TPSA) is 86.5 Å². The van der Waals surface area contributed by atoms with E-state index in [4.69, 9.17) is 9.47 Å². The van der Waals surface area contributed by atoms with Gasteiger partial charge in [0, 0.05) is 19.6 Å². The summed E-state index contributed by atoms with van der Waals surface area (Å²) in [6, 6.07) is 0. The zero-order valence-corrected chi connectivity index (χ0v) is 14.8. The largest absolute Gasteiger partial charge is 0.461 e. The van der Waals surface area contributed by atoms with Crippen LogP contribution in [0.25, 0.3) is 0 Å². The first kappa shape index (κ1) is 18.2. The minimum absolute atomic E-state index is 0.213. The van der Waals surface area contributed by atoms with E-state index in [9.17, 15) is 9.59 Å². The number of amides is 1. The average Bonchev–Trinajstić information content (AvgIpc) is 3.13. The Hall–Kier alpha value is -2.12. The summed E-state index contributed by atoms with van der Waals surface area (Å²) in [4.78, 5) is 25.5. The van der Waals surface area contributed by atoms with Crippen LogP contribution in [-0.2, 0) is 16.0 Å². The molecule has 1 amide bonds. The van der Waals surface area contributed by atoms with Gasteiger partial charge in [0.1, 0.15) is 5.60 Å². The van der Waals surface area contributed by atoms with Crippen LogP contribution in [0.1, 0.15) is 51.0 Å². The first-order valence-electron chi connectivity index (χ1n) is 8.33. The van der Waals surface area contributed by atoms with Gasteiger partial charge in [0.25, 0.3) is 0 Å². The number of hydrogen-bond donors (Lipinski definition) is 0. The molecule has 0 aliphatic carbocycles. The maximum Gasteiger partial charge on any atom is 0.410 e. The van der Waals surface area contributed by atoms with E-state index < -0.39 is 11.6 Å². The van der Waals surface area contributed by atoms with Gasteiger partial charge < -0.3 is 14.4 Å². The highest BCUT2D eigenvalue weighted by Gasteiger charge is 2.30. The molecule has 1 saturated heterocycles. The third kappa shape index (κ3) is 5.21. The molecule has 1 unspecified atom stereocenters. The highest BCUT2D eigenvalue weighted by Crippen LogP contribution is 2.20. The van der Waals surface area contributed by atoms with Crippen LogP contribution in [0.2, 0.25) is 0 Å². The summed E-state index contributed by atoms with van der Waals surface area (Å²) in [7, 11) is 0. The van der Waals surface area contributed by atoms with Crippen LogP contribution in [0.15, 0.2) is 6.20 Å². The van der Waals surface area contributed by atoms with Crippen molar-refractivity contribution in [2.45, 2.75) is 52.7 Å². The Morgan fingerprint density at radius 2 is 2.12 bits per heavy atom. The van der Waals surface area contributed by atoms with Crippen molar-refractivity contribution in [2.24, 2.45) is 5.92 Å². The van der Waals surface area contributed by atoms with Gasteiger partial charge in [-0.1, -0.05) is 12.1 Å². The quantitative estimate of drug-likeness (QED) is 0.764. The summed E-state index contributed by atoms with van der Waals surface area (Å²) in [5, 5.41) is 7.82. The summed E-state index contributed by atoms with van der Waals surface area (Å²) in [5.41, 5.74) is -0.278. The molecular formula is C16H26N4O4. The number of nitrogens with zero attached hydrogens (tertiary/aromatic N) is 4.